The van der Waals surface area contributed by atoms with Gasteiger partial charge in [-0.2, -0.15) is 0 Å². The van der Waals surface area contributed by atoms with E-state index >= 15 is 0 Å². The molecule has 1 saturated heterocycles. The molecule has 3 N–H and O–H groups in total. The average Bonchev–Trinajstić information content (AvgIpc) is 3.16. The zero-order valence-electron chi connectivity index (χ0n) is 15.0. The van der Waals surface area contributed by atoms with E-state index in [-0.39, 0.29) is 5.75 Å². The van der Waals surface area contributed by atoms with E-state index < -0.39 is 11.7 Å². The van der Waals surface area contributed by atoms with Crippen LogP contribution in [0.25, 0.3) is 0 Å². The Morgan fingerprint density at radius 3 is 2.19 bits per heavy atom. The summed E-state index contributed by atoms with van der Waals surface area (Å²) < 4.78 is 0. The van der Waals surface area contributed by atoms with E-state index in [0.29, 0.717) is 18.3 Å². The molecular weight excluding hydrogens is 326 g/mol. The van der Waals surface area contributed by atoms with Gasteiger partial charge in [-0.15, -0.1) is 0 Å². The maximum Gasteiger partial charge on any atom is 0.115 e. The minimum atomic E-state index is -0.672. The number of phenolic OH excluding ortho intramolecular Hbond substituents is 1. The molecule has 1 heterocycles. The van der Waals surface area contributed by atoms with Crippen molar-refractivity contribution in [2.75, 3.05) is 19.6 Å². The molecule has 1 unspecified atom stereocenters. The predicted octanol–water partition coefficient (Wildman–Crippen LogP) is 3.05. The summed E-state index contributed by atoms with van der Waals surface area (Å²) in [4.78, 5) is 2.42. The van der Waals surface area contributed by atoms with Crippen LogP contribution in [0.4, 0.5) is 0 Å². The fourth-order valence-corrected chi connectivity index (χ4v) is 4.78. The summed E-state index contributed by atoms with van der Waals surface area (Å²) in [6.45, 7) is 2.86. The molecule has 1 saturated carbocycles. The first-order chi connectivity index (χ1) is 12.5. The number of aliphatic hydroxyl groups excluding tert-OH is 1. The molecule has 2 aromatic carbocycles. The van der Waals surface area contributed by atoms with Crippen molar-refractivity contribution in [3.05, 3.63) is 65.7 Å². The van der Waals surface area contributed by atoms with E-state index in [0.717, 1.165) is 43.6 Å². The highest BCUT2D eigenvalue weighted by atomic mass is 16.3. The molecule has 138 valence electrons. The quantitative estimate of drug-likeness (QED) is 0.773. The van der Waals surface area contributed by atoms with Gasteiger partial charge in [-0.05, 0) is 54.4 Å². The van der Waals surface area contributed by atoms with Crippen LogP contribution in [-0.4, -0.2) is 39.9 Å². The Hall–Kier alpha value is -1.88. The van der Waals surface area contributed by atoms with E-state index in [9.17, 15) is 15.3 Å². The molecule has 0 bridgehead atoms. The molecule has 4 heteroatoms. The summed E-state index contributed by atoms with van der Waals surface area (Å²) in [6, 6.07) is 16.8. The number of rotatable bonds is 5. The molecule has 0 amide bonds. The zero-order chi connectivity index (χ0) is 18.1. The lowest BCUT2D eigenvalue weighted by atomic mass is 9.90. The highest BCUT2D eigenvalue weighted by Gasteiger charge is 2.48. The maximum atomic E-state index is 11.1. The average molecular weight is 353 g/mol. The molecule has 0 spiro atoms. The van der Waals surface area contributed by atoms with Crippen molar-refractivity contribution >= 4 is 0 Å². The molecule has 1 aliphatic carbocycles. The smallest absolute Gasteiger partial charge is 0.115 e. The Bertz CT molecular complexity index is 717. The molecule has 4 nitrogen and oxygen atoms in total. The van der Waals surface area contributed by atoms with E-state index in [1.165, 1.54) is 0 Å². The number of aliphatic hydroxyl groups is 2. The van der Waals surface area contributed by atoms with Crippen LogP contribution in [0.15, 0.2) is 54.6 Å². The Morgan fingerprint density at radius 1 is 0.962 bits per heavy atom. The third-order valence-corrected chi connectivity index (χ3v) is 6.16. The van der Waals surface area contributed by atoms with Crippen LogP contribution in [0.3, 0.4) is 0 Å². The van der Waals surface area contributed by atoms with E-state index in [2.05, 4.69) is 4.90 Å². The van der Waals surface area contributed by atoms with Gasteiger partial charge in [-0.3, -0.25) is 0 Å². The van der Waals surface area contributed by atoms with Gasteiger partial charge >= 0.3 is 0 Å². The van der Waals surface area contributed by atoms with Gasteiger partial charge in [0.05, 0.1) is 11.7 Å². The van der Waals surface area contributed by atoms with Crippen molar-refractivity contribution in [3.63, 3.8) is 0 Å². The van der Waals surface area contributed by atoms with E-state index in [1.807, 2.05) is 30.3 Å². The molecule has 4 atom stereocenters. The van der Waals surface area contributed by atoms with Gasteiger partial charge in [0.15, 0.2) is 0 Å². The van der Waals surface area contributed by atoms with Crippen molar-refractivity contribution in [1.29, 1.82) is 0 Å². The molecule has 2 fully saturated rings. The van der Waals surface area contributed by atoms with Gasteiger partial charge in [-0.25, -0.2) is 0 Å². The second-order valence-corrected chi connectivity index (χ2v) is 7.98. The van der Waals surface area contributed by atoms with Gasteiger partial charge in [0.1, 0.15) is 5.75 Å². The number of aromatic hydroxyl groups is 1. The van der Waals surface area contributed by atoms with Crippen LogP contribution in [-0.2, 0) is 5.60 Å². The molecule has 2 aliphatic rings. The Labute approximate surface area is 154 Å². The number of nitrogens with zero attached hydrogens (tertiary/aromatic N) is 1. The van der Waals surface area contributed by atoms with Crippen molar-refractivity contribution in [2.24, 2.45) is 11.8 Å². The Balaban J connectivity index is 1.30. The minimum Gasteiger partial charge on any atom is -0.508 e. The van der Waals surface area contributed by atoms with Crippen LogP contribution in [0.2, 0.25) is 0 Å². The van der Waals surface area contributed by atoms with E-state index in [1.54, 1.807) is 24.3 Å². The summed E-state index contributed by atoms with van der Waals surface area (Å²) in [5.74, 6) is 1.29. The standard InChI is InChI=1S/C22H27NO3/c24-20-8-6-16(7-9-20)21(25)10-11-23-14-17-12-22(26,13-18(17)15-23)19-4-2-1-3-5-19/h1-9,17-18,21,24-26H,10-15H2/t17-,18+,21?,22-. The third-order valence-electron chi connectivity index (χ3n) is 6.16. The first-order valence-electron chi connectivity index (χ1n) is 9.51. The first kappa shape index (κ1) is 17.5. The normalized spacial score (nSPS) is 29.6. The number of phenols is 1. The van der Waals surface area contributed by atoms with Gasteiger partial charge in [0.25, 0.3) is 0 Å². The number of hydrogen-bond acceptors (Lipinski definition) is 4. The summed E-state index contributed by atoms with van der Waals surface area (Å²) in [5.41, 5.74) is 1.22. The maximum absolute atomic E-state index is 11.1. The lowest BCUT2D eigenvalue weighted by Gasteiger charge is -2.26. The fourth-order valence-electron chi connectivity index (χ4n) is 4.78. The van der Waals surface area contributed by atoms with Crippen LogP contribution in [0, 0.1) is 11.8 Å². The van der Waals surface area contributed by atoms with Gasteiger partial charge < -0.3 is 20.2 Å². The molecular formula is C22H27NO3. The van der Waals surface area contributed by atoms with Gasteiger partial charge in [-0.1, -0.05) is 42.5 Å². The fraction of sp³-hybridized carbons (Fsp3) is 0.455. The lowest BCUT2D eigenvalue weighted by Crippen LogP contribution is -2.29. The van der Waals surface area contributed by atoms with Gasteiger partial charge in [0.2, 0.25) is 0 Å². The van der Waals surface area contributed by atoms with Crippen LogP contribution < -0.4 is 0 Å². The number of likely N-dealkylation sites (tertiary alicyclic amines) is 1. The van der Waals surface area contributed by atoms with E-state index in [4.69, 9.17) is 0 Å². The third kappa shape index (κ3) is 3.50. The SMILES string of the molecule is Oc1ccc(C(O)CCN2C[C@@H]3C[C@@](O)(c4ccccc4)C[C@@H]3C2)cc1. The second-order valence-electron chi connectivity index (χ2n) is 7.98. The number of hydrogen-bond donors (Lipinski definition) is 3. The largest absolute Gasteiger partial charge is 0.508 e. The summed E-state index contributed by atoms with van der Waals surface area (Å²) in [7, 11) is 0. The number of fused-ring (bicyclic) bond motifs is 1. The minimum absolute atomic E-state index is 0.222. The van der Waals surface area contributed by atoms with Crippen LogP contribution in [0.5, 0.6) is 5.75 Å². The monoisotopic (exact) mass is 353 g/mol. The summed E-state index contributed by atoms with van der Waals surface area (Å²) in [6.07, 6.45) is 1.85. The molecule has 4 rings (SSSR count). The Kier molecular flexibility index (Phi) is 4.74. The first-order valence-corrected chi connectivity index (χ1v) is 9.51. The molecule has 0 radical (unpaired) electrons. The highest BCUT2D eigenvalue weighted by Crippen LogP contribution is 2.48. The number of benzene rings is 2. The topological polar surface area (TPSA) is 63.9 Å². The summed E-state index contributed by atoms with van der Waals surface area (Å²) >= 11 is 0. The van der Waals surface area contributed by atoms with Gasteiger partial charge in [0, 0.05) is 19.6 Å². The van der Waals surface area contributed by atoms with Crippen molar-refractivity contribution in [3.8, 4) is 5.75 Å². The highest BCUT2D eigenvalue weighted by molar-refractivity contribution is 5.27. The molecule has 1 aliphatic heterocycles. The lowest BCUT2D eigenvalue weighted by molar-refractivity contribution is 0.0306. The molecule has 2 aromatic rings. The van der Waals surface area contributed by atoms with Crippen molar-refractivity contribution in [1.82, 2.24) is 4.90 Å². The second kappa shape index (κ2) is 7.03. The predicted molar refractivity (Wildman–Crippen MR) is 101 cm³/mol. The van der Waals surface area contributed by atoms with Crippen molar-refractivity contribution in [2.45, 2.75) is 31.0 Å². The van der Waals surface area contributed by atoms with Crippen LogP contribution in [0.1, 0.15) is 36.5 Å². The van der Waals surface area contributed by atoms with Crippen molar-refractivity contribution < 1.29 is 15.3 Å². The zero-order valence-corrected chi connectivity index (χ0v) is 15.0. The summed E-state index contributed by atoms with van der Waals surface area (Å²) in [5, 5.41) is 30.8. The molecule has 26 heavy (non-hydrogen) atoms. The molecule has 0 aromatic heterocycles. The van der Waals surface area contributed by atoms with Crippen LogP contribution >= 0.6 is 0 Å². The Morgan fingerprint density at radius 2 is 1.58 bits per heavy atom.